The second-order valence-electron chi connectivity index (χ2n) is 5.94. The van der Waals surface area contributed by atoms with Gasteiger partial charge >= 0.3 is 6.18 Å². The van der Waals surface area contributed by atoms with Gasteiger partial charge in [0, 0.05) is 0 Å². The normalized spacial score (nSPS) is 13.6. The quantitative estimate of drug-likeness (QED) is 0.876. The largest absolute Gasteiger partial charge is 0.467 e. The van der Waals surface area contributed by atoms with Gasteiger partial charge in [-0.1, -0.05) is 18.2 Å². The number of aliphatic hydroxyl groups excluding tert-OH is 1. The number of carbonyl (C=O) groups is 1. The summed E-state index contributed by atoms with van der Waals surface area (Å²) in [4.78, 5) is 12.4. The van der Waals surface area contributed by atoms with E-state index >= 15 is 0 Å². The maximum Gasteiger partial charge on any atom is 0.416 e. The van der Waals surface area contributed by atoms with Crippen molar-refractivity contribution in [3.8, 4) is 0 Å². The fourth-order valence-corrected chi connectivity index (χ4v) is 2.21. The molecule has 2 aromatic rings. The fourth-order valence-electron chi connectivity index (χ4n) is 2.21. The first-order chi connectivity index (χ1) is 11.1. The lowest BCUT2D eigenvalue weighted by atomic mass is 9.83. The minimum atomic E-state index is -4.47. The van der Waals surface area contributed by atoms with Crippen molar-refractivity contribution in [3.63, 3.8) is 0 Å². The van der Waals surface area contributed by atoms with Gasteiger partial charge in [-0.2, -0.15) is 13.2 Å². The van der Waals surface area contributed by atoms with E-state index in [1.807, 2.05) is 0 Å². The lowest BCUT2D eigenvalue weighted by Crippen LogP contribution is -2.41. The van der Waals surface area contributed by atoms with Crippen LogP contribution in [0.5, 0.6) is 0 Å². The summed E-state index contributed by atoms with van der Waals surface area (Å²) in [5, 5.41) is 12.4. The van der Waals surface area contributed by atoms with Gasteiger partial charge in [-0.3, -0.25) is 4.79 Å². The Hall–Kier alpha value is -2.28. The van der Waals surface area contributed by atoms with Gasteiger partial charge in [0.25, 0.3) is 0 Å². The number of aliphatic hydroxyl groups is 1. The zero-order chi connectivity index (χ0) is 18.0. The fraction of sp³-hybridized carbons (Fsp3) is 0.353. The van der Waals surface area contributed by atoms with Crippen molar-refractivity contribution in [2.24, 2.45) is 0 Å². The summed E-state index contributed by atoms with van der Waals surface area (Å²) in [5.74, 6) is -0.195. The molecule has 0 saturated heterocycles. The second-order valence-corrected chi connectivity index (χ2v) is 5.94. The van der Waals surface area contributed by atoms with Crippen molar-refractivity contribution >= 4 is 5.91 Å². The summed E-state index contributed by atoms with van der Waals surface area (Å²) in [6.45, 7) is 2.95. The van der Waals surface area contributed by atoms with Crippen LogP contribution in [0.15, 0.2) is 47.1 Å². The van der Waals surface area contributed by atoms with E-state index in [2.05, 4.69) is 5.32 Å². The standard InChI is InChI=1S/C17H18F3NO3/c1-16(2,11-5-3-6-12(9-11)17(18,19)20)15(23)21-10-13(22)14-7-4-8-24-14/h3-9,13,22H,10H2,1-2H3,(H,21,23). The lowest BCUT2D eigenvalue weighted by molar-refractivity contribution is -0.138. The number of carbonyl (C=O) groups excluding carboxylic acids is 1. The Kier molecular flexibility index (Phi) is 5.03. The highest BCUT2D eigenvalue weighted by molar-refractivity contribution is 5.87. The molecule has 0 saturated carbocycles. The SMILES string of the molecule is CC(C)(C(=O)NCC(O)c1ccco1)c1cccc(C(F)(F)F)c1. The molecule has 1 atom stereocenters. The molecule has 1 aromatic carbocycles. The Morgan fingerprint density at radius 3 is 2.46 bits per heavy atom. The van der Waals surface area contributed by atoms with Crippen molar-refractivity contribution in [3.05, 3.63) is 59.5 Å². The molecule has 130 valence electrons. The molecule has 0 radical (unpaired) electrons. The smallest absolute Gasteiger partial charge is 0.416 e. The Balaban J connectivity index is 2.10. The number of hydrogen-bond acceptors (Lipinski definition) is 3. The Bertz CT molecular complexity index is 693. The lowest BCUT2D eigenvalue weighted by Gasteiger charge is -2.25. The molecule has 0 aliphatic rings. The minimum Gasteiger partial charge on any atom is -0.467 e. The molecule has 1 amide bonds. The third-order valence-corrected chi connectivity index (χ3v) is 3.81. The molecule has 2 N–H and O–H groups in total. The summed E-state index contributed by atoms with van der Waals surface area (Å²) in [5.41, 5.74) is -1.76. The summed E-state index contributed by atoms with van der Waals surface area (Å²) >= 11 is 0. The highest BCUT2D eigenvalue weighted by atomic mass is 19.4. The van der Waals surface area contributed by atoms with Gasteiger partial charge in [0.1, 0.15) is 11.9 Å². The van der Waals surface area contributed by atoms with Crippen molar-refractivity contribution in [1.29, 1.82) is 0 Å². The molecule has 7 heteroatoms. The van der Waals surface area contributed by atoms with Crippen LogP contribution < -0.4 is 5.32 Å². The van der Waals surface area contributed by atoms with Crippen LogP contribution in [0.4, 0.5) is 13.2 Å². The predicted molar refractivity (Wildman–Crippen MR) is 81.1 cm³/mol. The van der Waals surface area contributed by atoms with E-state index < -0.39 is 29.2 Å². The van der Waals surface area contributed by atoms with Crippen LogP contribution in [-0.4, -0.2) is 17.6 Å². The first kappa shape index (κ1) is 18.1. The van der Waals surface area contributed by atoms with Gasteiger partial charge in [-0.25, -0.2) is 0 Å². The van der Waals surface area contributed by atoms with Gasteiger partial charge in [-0.15, -0.1) is 0 Å². The molecule has 1 unspecified atom stereocenters. The van der Waals surface area contributed by atoms with Crippen molar-refractivity contribution in [2.75, 3.05) is 6.54 Å². The highest BCUT2D eigenvalue weighted by Gasteiger charge is 2.35. The van der Waals surface area contributed by atoms with Gasteiger partial charge < -0.3 is 14.8 Å². The predicted octanol–water partition coefficient (Wildman–Crippen LogP) is 3.43. The van der Waals surface area contributed by atoms with E-state index in [4.69, 9.17) is 4.42 Å². The molecular formula is C17H18F3NO3. The maximum absolute atomic E-state index is 12.8. The molecular weight excluding hydrogens is 323 g/mol. The monoisotopic (exact) mass is 341 g/mol. The average molecular weight is 341 g/mol. The van der Waals surface area contributed by atoms with Crippen molar-refractivity contribution in [2.45, 2.75) is 31.5 Å². The van der Waals surface area contributed by atoms with Crippen LogP contribution in [-0.2, 0) is 16.4 Å². The van der Waals surface area contributed by atoms with E-state index in [0.29, 0.717) is 5.76 Å². The summed E-state index contributed by atoms with van der Waals surface area (Å²) < 4.78 is 43.5. The number of benzene rings is 1. The molecule has 0 aliphatic carbocycles. The Labute approximate surface area is 137 Å². The zero-order valence-electron chi connectivity index (χ0n) is 13.2. The van der Waals surface area contributed by atoms with Crippen LogP contribution in [0.3, 0.4) is 0 Å². The number of amides is 1. The number of rotatable bonds is 5. The Morgan fingerprint density at radius 2 is 1.88 bits per heavy atom. The minimum absolute atomic E-state index is 0.102. The van der Waals surface area contributed by atoms with E-state index in [-0.39, 0.29) is 12.1 Å². The number of halogens is 3. The van der Waals surface area contributed by atoms with E-state index in [9.17, 15) is 23.1 Å². The number of hydrogen-bond donors (Lipinski definition) is 2. The molecule has 4 nitrogen and oxygen atoms in total. The first-order valence-electron chi connectivity index (χ1n) is 7.30. The van der Waals surface area contributed by atoms with Crippen molar-refractivity contribution < 1.29 is 27.5 Å². The molecule has 24 heavy (non-hydrogen) atoms. The average Bonchev–Trinajstić information content (AvgIpc) is 3.06. The van der Waals surface area contributed by atoms with Gasteiger partial charge in [0.05, 0.1) is 23.8 Å². The molecule has 0 fully saturated rings. The van der Waals surface area contributed by atoms with Crippen LogP contribution in [0.1, 0.15) is 36.8 Å². The summed E-state index contributed by atoms with van der Waals surface area (Å²) in [6.07, 6.45) is -4.10. The third-order valence-electron chi connectivity index (χ3n) is 3.81. The molecule has 0 spiro atoms. The van der Waals surface area contributed by atoms with Crippen LogP contribution >= 0.6 is 0 Å². The second kappa shape index (κ2) is 6.68. The summed E-state index contributed by atoms with van der Waals surface area (Å²) in [7, 11) is 0. The summed E-state index contributed by atoms with van der Waals surface area (Å²) in [6, 6.07) is 7.82. The zero-order valence-corrected chi connectivity index (χ0v) is 13.2. The van der Waals surface area contributed by atoms with Gasteiger partial charge in [0.2, 0.25) is 5.91 Å². The number of furan rings is 1. The van der Waals surface area contributed by atoms with Crippen LogP contribution in [0, 0.1) is 0 Å². The van der Waals surface area contributed by atoms with Crippen LogP contribution in [0.2, 0.25) is 0 Å². The first-order valence-corrected chi connectivity index (χ1v) is 7.30. The number of nitrogens with one attached hydrogen (secondary N) is 1. The molecule has 2 rings (SSSR count). The maximum atomic E-state index is 12.8. The van der Waals surface area contributed by atoms with Crippen molar-refractivity contribution in [1.82, 2.24) is 5.32 Å². The molecule has 1 aromatic heterocycles. The topological polar surface area (TPSA) is 62.5 Å². The van der Waals surface area contributed by atoms with E-state index in [1.165, 1.54) is 32.2 Å². The molecule has 1 heterocycles. The van der Waals surface area contributed by atoms with Crippen LogP contribution in [0.25, 0.3) is 0 Å². The van der Waals surface area contributed by atoms with E-state index in [1.54, 1.807) is 12.1 Å². The number of alkyl halides is 3. The van der Waals surface area contributed by atoms with Gasteiger partial charge in [0.15, 0.2) is 0 Å². The highest BCUT2D eigenvalue weighted by Crippen LogP contribution is 2.33. The molecule has 0 aliphatic heterocycles. The molecule has 0 bridgehead atoms. The Morgan fingerprint density at radius 1 is 1.21 bits per heavy atom. The van der Waals surface area contributed by atoms with E-state index in [0.717, 1.165) is 12.1 Å². The van der Waals surface area contributed by atoms with Gasteiger partial charge in [-0.05, 0) is 37.6 Å². The third kappa shape index (κ3) is 3.97.